The lowest BCUT2D eigenvalue weighted by atomic mass is 10.2. The van der Waals surface area contributed by atoms with Crippen LogP contribution >= 0.6 is 0 Å². The maximum Gasteiger partial charge on any atom is 0.290 e. The minimum Gasteiger partial charge on any atom is -0.359 e. The summed E-state index contributed by atoms with van der Waals surface area (Å²) in [6.07, 6.45) is 3.90. The van der Waals surface area contributed by atoms with Crippen LogP contribution in [-0.2, 0) is 0 Å². The summed E-state index contributed by atoms with van der Waals surface area (Å²) in [6, 6.07) is 1.54. The Balaban J connectivity index is 2.21. The summed E-state index contributed by atoms with van der Waals surface area (Å²) in [4.78, 5) is 25.0. The van der Waals surface area contributed by atoms with Crippen LogP contribution in [0.15, 0.2) is 24.7 Å². The van der Waals surface area contributed by atoms with Crippen LogP contribution in [0.5, 0.6) is 0 Å². The Morgan fingerprint density at radius 2 is 2.00 bits per heavy atom. The van der Waals surface area contributed by atoms with Crippen molar-refractivity contribution in [1.29, 1.82) is 0 Å². The standard InChI is InChI=1S/C11H8N6O2/c1-7-3-9(13-4-8(7)17(18)19)16-11-6-14-10(12-2)5-15-11/h3-6H,1H3,(H,13,15,16). The number of anilines is 2. The normalized spacial score (nSPS) is 9.68. The first-order valence-corrected chi connectivity index (χ1v) is 5.17. The Kier molecular flexibility index (Phi) is 3.29. The Morgan fingerprint density at radius 1 is 1.26 bits per heavy atom. The van der Waals surface area contributed by atoms with E-state index >= 15 is 0 Å². The number of nitrogens with one attached hydrogen (secondary N) is 1. The SMILES string of the molecule is [C-]#[N+]c1cnc(Nc2cc(C)c([N+](=O)[O-])cn2)cn1. The van der Waals surface area contributed by atoms with Crippen molar-refractivity contribution < 1.29 is 4.92 Å². The van der Waals surface area contributed by atoms with Gasteiger partial charge >= 0.3 is 0 Å². The van der Waals surface area contributed by atoms with Crippen molar-refractivity contribution in [2.75, 3.05) is 5.32 Å². The lowest BCUT2D eigenvalue weighted by Crippen LogP contribution is -1.99. The largest absolute Gasteiger partial charge is 0.359 e. The molecule has 0 atom stereocenters. The van der Waals surface area contributed by atoms with Gasteiger partial charge in [0.2, 0.25) is 0 Å². The zero-order valence-corrected chi connectivity index (χ0v) is 9.86. The van der Waals surface area contributed by atoms with Crippen molar-refractivity contribution in [2.45, 2.75) is 6.92 Å². The van der Waals surface area contributed by atoms with E-state index in [9.17, 15) is 10.1 Å². The van der Waals surface area contributed by atoms with E-state index < -0.39 is 4.92 Å². The van der Waals surface area contributed by atoms with Crippen LogP contribution < -0.4 is 5.32 Å². The molecule has 1 N–H and O–H groups in total. The highest BCUT2D eigenvalue weighted by molar-refractivity contribution is 5.55. The number of nitro groups is 1. The second-order valence-corrected chi connectivity index (χ2v) is 3.61. The van der Waals surface area contributed by atoms with Crippen LogP contribution in [-0.4, -0.2) is 19.9 Å². The molecule has 8 nitrogen and oxygen atoms in total. The molecule has 0 spiro atoms. The van der Waals surface area contributed by atoms with Gasteiger partial charge in [-0.2, -0.15) is 0 Å². The number of rotatable bonds is 3. The predicted molar refractivity (Wildman–Crippen MR) is 67.2 cm³/mol. The van der Waals surface area contributed by atoms with Crippen LogP contribution in [0.1, 0.15) is 5.56 Å². The maximum absolute atomic E-state index is 10.7. The van der Waals surface area contributed by atoms with Gasteiger partial charge in [-0.05, 0) is 13.0 Å². The van der Waals surface area contributed by atoms with Crippen LogP contribution in [0.25, 0.3) is 4.85 Å². The van der Waals surface area contributed by atoms with E-state index in [4.69, 9.17) is 6.57 Å². The molecule has 0 amide bonds. The monoisotopic (exact) mass is 256 g/mol. The molecule has 0 aliphatic carbocycles. The van der Waals surface area contributed by atoms with Gasteiger partial charge in [0.1, 0.15) is 12.0 Å². The third-order valence-electron chi connectivity index (χ3n) is 2.29. The Morgan fingerprint density at radius 3 is 2.53 bits per heavy atom. The van der Waals surface area contributed by atoms with Gasteiger partial charge < -0.3 is 10.2 Å². The van der Waals surface area contributed by atoms with Gasteiger partial charge in [-0.1, -0.05) is 6.57 Å². The second-order valence-electron chi connectivity index (χ2n) is 3.61. The first-order chi connectivity index (χ1) is 9.10. The highest BCUT2D eigenvalue weighted by Crippen LogP contribution is 2.20. The minimum atomic E-state index is -0.490. The molecule has 0 aromatic carbocycles. The predicted octanol–water partition coefficient (Wildman–Crippen LogP) is 2.38. The average molecular weight is 256 g/mol. The third kappa shape index (κ3) is 2.78. The quantitative estimate of drug-likeness (QED) is 0.514. The van der Waals surface area contributed by atoms with Crippen LogP contribution in [0.2, 0.25) is 0 Å². The highest BCUT2D eigenvalue weighted by atomic mass is 16.6. The molecule has 2 aromatic heterocycles. The maximum atomic E-state index is 10.7. The summed E-state index contributed by atoms with van der Waals surface area (Å²) in [5.74, 6) is 1.03. The summed E-state index contributed by atoms with van der Waals surface area (Å²) in [6.45, 7) is 8.38. The molecule has 0 radical (unpaired) electrons. The van der Waals surface area contributed by atoms with Crippen molar-refractivity contribution in [3.8, 4) is 0 Å². The topological polar surface area (TPSA) is 98.2 Å². The molecule has 2 aromatic rings. The van der Waals surface area contributed by atoms with E-state index in [1.165, 1.54) is 18.6 Å². The molecule has 0 aliphatic heterocycles. The van der Waals surface area contributed by atoms with E-state index in [2.05, 4.69) is 25.1 Å². The number of pyridine rings is 1. The fraction of sp³-hybridized carbons (Fsp3) is 0.0909. The fourth-order valence-corrected chi connectivity index (χ4v) is 1.38. The fourth-order valence-electron chi connectivity index (χ4n) is 1.38. The molecule has 8 heteroatoms. The zero-order chi connectivity index (χ0) is 13.8. The molecule has 0 bridgehead atoms. The molecule has 0 saturated heterocycles. The van der Waals surface area contributed by atoms with Gasteiger partial charge in [-0.3, -0.25) is 10.1 Å². The van der Waals surface area contributed by atoms with Crippen molar-refractivity contribution >= 4 is 23.1 Å². The third-order valence-corrected chi connectivity index (χ3v) is 2.29. The smallest absolute Gasteiger partial charge is 0.290 e. The van der Waals surface area contributed by atoms with E-state index in [0.29, 0.717) is 17.2 Å². The molecular weight excluding hydrogens is 248 g/mol. The van der Waals surface area contributed by atoms with Gasteiger partial charge in [0.25, 0.3) is 11.5 Å². The summed E-state index contributed by atoms with van der Waals surface area (Å²) in [5.41, 5.74) is 0.452. The number of aryl methyl sites for hydroxylation is 1. The van der Waals surface area contributed by atoms with Gasteiger partial charge in [0.05, 0.1) is 11.1 Å². The summed E-state index contributed by atoms with van der Waals surface area (Å²) in [7, 11) is 0. The average Bonchev–Trinajstić information content (AvgIpc) is 2.39. The highest BCUT2D eigenvalue weighted by Gasteiger charge is 2.11. The minimum absolute atomic E-state index is 0.0417. The number of nitrogens with zero attached hydrogens (tertiary/aromatic N) is 5. The zero-order valence-electron chi connectivity index (χ0n) is 9.86. The Hall–Kier alpha value is -3.08. The van der Waals surface area contributed by atoms with Crippen molar-refractivity contribution in [3.05, 3.63) is 51.8 Å². The first-order valence-electron chi connectivity index (χ1n) is 5.17. The summed E-state index contributed by atoms with van der Waals surface area (Å²) in [5, 5.41) is 13.5. The molecule has 0 unspecified atom stereocenters. The molecule has 0 aliphatic rings. The lowest BCUT2D eigenvalue weighted by Gasteiger charge is -2.04. The van der Waals surface area contributed by atoms with Crippen molar-refractivity contribution in [3.63, 3.8) is 0 Å². The van der Waals surface area contributed by atoms with Crippen LogP contribution in [0.4, 0.5) is 23.1 Å². The van der Waals surface area contributed by atoms with E-state index in [1.807, 2.05) is 0 Å². The Bertz CT molecular complexity index is 662. The molecule has 19 heavy (non-hydrogen) atoms. The van der Waals surface area contributed by atoms with Crippen LogP contribution in [0.3, 0.4) is 0 Å². The molecule has 0 saturated carbocycles. The number of aromatic nitrogens is 3. The summed E-state index contributed by atoms with van der Waals surface area (Å²) >= 11 is 0. The molecule has 94 valence electrons. The second kappa shape index (κ2) is 5.05. The number of hydrogen-bond donors (Lipinski definition) is 1. The van der Waals surface area contributed by atoms with Gasteiger partial charge in [-0.15, -0.1) is 4.98 Å². The molecular formula is C11H8N6O2. The first kappa shape index (κ1) is 12.4. The van der Waals surface area contributed by atoms with E-state index in [1.54, 1.807) is 13.0 Å². The van der Waals surface area contributed by atoms with Gasteiger partial charge in [0, 0.05) is 5.56 Å². The molecule has 0 fully saturated rings. The summed E-state index contributed by atoms with van der Waals surface area (Å²) < 4.78 is 0. The van der Waals surface area contributed by atoms with Gasteiger partial charge in [0.15, 0.2) is 12.0 Å². The van der Waals surface area contributed by atoms with Crippen molar-refractivity contribution in [1.82, 2.24) is 15.0 Å². The molecule has 2 heterocycles. The van der Waals surface area contributed by atoms with Crippen LogP contribution in [0, 0.1) is 23.6 Å². The molecule has 2 rings (SSSR count). The Labute approximate surface area is 108 Å². The lowest BCUT2D eigenvalue weighted by molar-refractivity contribution is -0.385. The number of hydrogen-bond acceptors (Lipinski definition) is 6. The van der Waals surface area contributed by atoms with Crippen molar-refractivity contribution in [2.24, 2.45) is 0 Å². The van der Waals surface area contributed by atoms with Gasteiger partial charge in [-0.25, -0.2) is 9.97 Å². The van der Waals surface area contributed by atoms with E-state index in [-0.39, 0.29) is 11.5 Å². The van der Waals surface area contributed by atoms with E-state index in [0.717, 1.165) is 0 Å².